The molecule has 0 aromatic heterocycles. The van der Waals surface area contributed by atoms with Gasteiger partial charge >= 0.3 is 0 Å². The molecule has 0 N–H and O–H groups in total. The second kappa shape index (κ2) is 9.71. The van der Waals surface area contributed by atoms with E-state index in [1.807, 2.05) is 12.1 Å². The maximum atomic E-state index is 3.07. The molecule has 0 nitrogen and oxygen atoms in total. The monoisotopic (exact) mass is 427 g/mol. The molecule has 1 saturated carbocycles. The quantitative estimate of drug-likeness (QED) is 0.560. The first-order chi connectivity index (χ1) is 9.33. The molecule has 104 valence electrons. The van der Waals surface area contributed by atoms with Crippen molar-refractivity contribution in [2.24, 2.45) is 5.92 Å². The van der Waals surface area contributed by atoms with Gasteiger partial charge in [0.2, 0.25) is 0 Å². The minimum atomic E-state index is 0. The summed E-state index contributed by atoms with van der Waals surface area (Å²) in [4.78, 5) is 0. The van der Waals surface area contributed by atoms with Gasteiger partial charge in [-0.1, -0.05) is 44.0 Å². The average Bonchev–Trinajstić information content (AvgIpc) is 2.49. The van der Waals surface area contributed by atoms with Gasteiger partial charge < -0.3 is 0 Å². The molecule has 0 bridgehead atoms. The molecule has 2 aromatic rings. The molecule has 2 aromatic carbocycles. The fourth-order valence-electron chi connectivity index (χ4n) is 3.12. The number of benzene rings is 2. The molecule has 0 heterocycles. The van der Waals surface area contributed by atoms with Crippen LogP contribution in [0.4, 0.5) is 0 Å². The Morgan fingerprint density at radius 1 is 0.762 bits per heavy atom. The zero-order chi connectivity index (χ0) is 13.1. The molecule has 21 heavy (non-hydrogen) atoms. The van der Waals surface area contributed by atoms with Crippen molar-refractivity contribution in [3.05, 3.63) is 60.2 Å². The van der Waals surface area contributed by atoms with Crippen LogP contribution in [-0.4, -0.2) is 0 Å². The van der Waals surface area contributed by atoms with Crippen LogP contribution in [0, 0.1) is 12.0 Å². The van der Waals surface area contributed by atoms with Gasteiger partial charge in [-0.05, 0) is 35.8 Å². The number of rotatable bonds is 2. The molecular formula is C19H21Y2-. The summed E-state index contributed by atoms with van der Waals surface area (Å²) in [6.45, 7) is 2.38. The van der Waals surface area contributed by atoms with Gasteiger partial charge in [-0.2, -0.15) is 30.3 Å². The van der Waals surface area contributed by atoms with Gasteiger partial charge in [0.15, 0.2) is 0 Å². The van der Waals surface area contributed by atoms with E-state index in [2.05, 4.69) is 49.4 Å². The van der Waals surface area contributed by atoms with E-state index in [0.717, 1.165) is 11.8 Å². The van der Waals surface area contributed by atoms with E-state index in [-0.39, 0.29) is 65.4 Å². The summed E-state index contributed by atoms with van der Waals surface area (Å²) in [6, 6.07) is 20.5. The molecule has 1 fully saturated rings. The summed E-state index contributed by atoms with van der Waals surface area (Å²) in [5, 5.41) is 0. The fourth-order valence-corrected chi connectivity index (χ4v) is 3.12. The number of hydrogen-bond acceptors (Lipinski definition) is 0. The molecule has 0 spiro atoms. The summed E-state index contributed by atoms with van der Waals surface area (Å²) in [6.07, 6.45) is 5.50. The minimum Gasteiger partial charge on any atom is -0.184 e. The molecule has 3 rings (SSSR count). The second-order valence-corrected chi connectivity index (χ2v) is 5.87. The smallest absolute Gasteiger partial charge is 0 e. The van der Waals surface area contributed by atoms with Crippen molar-refractivity contribution in [1.82, 2.24) is 0 Å². The van der Waals surface area contributed by atoms with Crippen LogP contribution in [0.3, 0.4) is 0 Å². The molecule has 2 heteroatoms. The van der Waals surface area contributed by atoms with Crippen LogP contribution in [0.5, 0.6) is 0 Å². The van der Waals surface area contributed by atoms with Crippen molar-refractivity contribution in [1.29, 1.82) is 0 Å². The van der Waals surface area contributed by atoms with Gasteiger partial charge in [0.05, 0.1) is 0 Å². The van der Waals surface area contributed by atoms with Crippen molar-refractivity contribution in [2.45, 2.75) is 38.5 Å². The Hall–Kier alpha value is 0.648. The van der Waals surface area contributed by atoms with E-state index in [4.69, 9.17) is 0 Å². The summed E-state index contributed by atoms with van der Waals surface area (Å²) in [5.74, 6) is 1.71. The maximum absolute atomic E-state index is 3.07. The predicted molar refractivity (Wildman–Crippen MR) is 81.1 cm³/mol. The van der Waals surface area contributed by atoms with Gasteiger partial charge in [-0.3, -0.25) is 0 Å². The van der Waals surface area contributed by atoms with E-state index in [9.17, 15) is 0 Å². The molecule has 0 atom stereocenters. The zero-order valence-electron chi connectivity index (χ0n) is 12.8. The third kappa shape index (κ3) is 5.35. The van der Waals surface area contributed by atoms with Crippen molar-refractivity contribution < 1.29 is 65.4 Å². The molecule has 0 aliphatic heterocycles. The largest absolute Gasteiger partial charge is 0.184 e. The van der Waals surface area contributed by atoms with Gasteiger partial charge in [-0.25, -0.2) is 0 Å². The topological polar surface area (TPSA) is 0 Å². The Morgan fingerprint density at radius 2 is 1.29 bits per heavy atom. The van der Waals surface area contributed by atoms with Gasteiger partial charge in [-0.15, -0.1) is 5.56 Å². The molecule has 1 aliphatic carbocycles. The average molecular weight is 427 g/mol. The Balaban J connectivity index is 0.00000110. The molecular weight excluding hydrogens is 406 g/mol. The zero-order valence-corrected chi connectivity index (χ0v) is 18.4. The third-order valence-corrected chi connectivity index (χ3v) is 4.45. The molecule has 0 saturated heterocycles. The van der Waals surface area contributed by atoms with Gasteiger partial charge in [0, 0.05) is 65.4 Å². The van der Waals surface area contributed by atoms with Crippen LogP contribution in [0.15, 0.2) is 48.5 Å². The van der Waals surface area contributed by atoms with Gasteiger partial charge in [0.25, 0.3) is 0 Å². The molecule has 2 radical (unpaired) electrons. The summed E-state index contributed by atoms with van der Waals surface area (Å²) >= 11 is 0. The third-order valence-electron chi connectivity index (χ3n) is 4.45. The Morgan fingerprint density at radius 3 is 1.86 bits per heavy atom. The Kier molecular flexibility index (Phi) is 9.11. The maximum Gasteiger partial charge on any atom is 0 e. The van der Waals surface area contributed by atoms with E-state index < -0.39 is 0 Å². The first-order valence-electron chi connectivity index (χ1n) is 7.39. The van der Waals surface area contributed by atoms with Crippen molar-refractivity contribution in [3.63, 3.8) is 0 Å². The summed E-state index contributed by atoms with van der Waals surface area (Å²) < 4.78 is 0. The van der Waals surface area contributed by atoms with E-state index in [1.165, 1.54) is 42.4 Å². The van der Waals surface area contributed by atoms with Crippen molar-refractivity contribution in [3.8, 4) is 11.1 Å². The fraction of sp³-hybridized carbons (Fsp3) is 0.368. The van der Waals surface area contributed by atoms with Crippen LogP contribution in [0.2, 0.25) is 0 Å². The van der Waals surface area contributed by atoms with E-state index >= 15 is 0 Å². The van der Waals surface area contributed by atoms with E-state index in [0.29, 0.717) is 0 Å². The van der Waals surface area contributed by atoms with Crippen LogP contribution < -0.4 is 0 Å². The SMILES string of the molecule is CC1CCC(c2ccc(-c3cc[c-]cc3)cc2)CC1.[Y].[Y]. The standard InChI is InChI=1S/C19H21.2Y/c1-15-7-9-17(10-8-15)19-13-11-18(12-14-19)16-5-3-2-4-6-16;;/h3-6,11-15,17H,7-10H2,1H3;;/q-1;;. The van der Waals surface area contributed by atoms with E-state index in [1.54, 1.807) is 0 Å². The van der Waals surface area contributed by atoms with Crippen LogP contribution >= 0.6 is 0 Å². The van der Waals surface area contributed by atoms with Crippen molar-refractivity contribution >= 4 is 0 Å². The first-order valence-corrected chi connectivity index (χ1v) is 7.39. The first kappa shape index (κ1) is 19.7. The van der Waals surface area contributed by atoms with Gasteiger partial charge in [0.1, 0.15) is 0 Å². The van der Waals surface area contributed by atoms with Crippen LogP contribution in [0.25, 0.3) is 11.1 Å². The molecule has 0 unspecified atom stereocenters. The van der Waals surface area contributed by atoms with Crippen LogP contribution in [0.1, 0.15) is 44.1 Å². The van der Waals surface area contributed by atoms with Crippen LogP contribution in [-0.2, 0) is 65.4 Å². The summed E-state index contributed by atoms with van der Waals surface area (Å²) in [7, 11) is 0. The molecule has 0 amide bonds. The second-order valence-electron chi connectivity index (χ2n) is 5.87. The minimum absolute atomic E-state index is 0. The summed E-state index contributed by atoms with van der Waals surface area (Å²) in [5.41, 5.74) is 4.11. The van der Waals surface area contributed by atoms with Crippen molar-refractivity contribution in [2.75, 3.05) is 0 Å². The normalized spacial score (nSPS) is 21.0. The Labute approximate surface area is 179 Å². The number of hydrogen-bond donors (Lipinski definition) is 0. The Bertz CT molecular complexity index is 511. The predicted octanol–water partition coefficient (Wildman–Crippen LogP) is 5.44. The molecule has 1 aliphatic rings.